The van der Waals surface area contributed by atoms with Gasteiger partial charge in [-0.1, -0.05) is 0 Å². The molecule has 3 nitrogen and oxygen atoms in total. The molecule has 1 rings (SSSR count). The monoisotopic (exact) mass is 334 g/mol. The second-order valence-electron chi connectivity index (χ2n) is 4.09. The maximum Gasteiger partial charge on any atom is 0.457 e. The zero-order valence-electron chi connectivity index (χ0n) is 9.83. The van der Waals surface area contributed by atoms with E-state index in [0.29, 0.717) is 0 Å². The highest BCUT2D eigenvalue weighted by Gasteiger charge is 2.73. The van der Waals surface area contributed by atoms with Gasteiger partial charge >= 0.3 is 30.1 Å². The largest absolute Gasteiger partial charge is 0.457 e. The second-order valence-corrected chi connectivity index (χ2v) is 4.09. The number of carbonyl (C=O) groups excluding carboxylic acids is 1. The van der Waals surface area contributed by atoms with Crippen molar-refractivity contribution in [3.8, 4) is 0 Å². The van der Waals surface area contributed by atoms with Crippen molar-refractivity contribution in [2.24, 2.45) is 0 Å². The number of hydrogen-bond acceptors (Lipinski definition) is 3. The van der Waals surface area contributed by atoms with E-state index in [-0.39, 0.29) is 13.0 Å². The van der Waals surface area contributed by atoms with Gasteiger partial charge in [0.25, 0.3) is 0 Å². The van der Waals surface area contributed by atoms with Crippen LogP contribution in [0.3, 0.4) is 0 Å². The van der Waals surface area contributed by atoms with Gasteiger partial charge in [0.2, 0.25) is 0 Å². The third-order valence-corrected chi connectivity index (χ3v) is 2.50. The molecule has 2 unspecified atom stereocenters. The number of hydrogen-bond donors (Lipinski definition) is 0. The zero-order chi connectivity index (χ0) is 16.7. The van der Waals surface area contributed by atoms with Crippen molar-refractivity contribution >= 4 is 5.78 Å². The Morgan fingerprint density at radius 3 is 1.86 bits per heavy atom. The van der Waals surface area contributed by atoms with E-state index in [1.54, 1.807) is 0 Å². The smallest absolute Gasteiger partial charge is 0.369 e. The summed E-state index contributed by atoms with van der Waals surface area (Å²) in [7, 11) is 0. The quantitative estimate of drug-likeness (QED) is 0.741. The van der Waals surface area contributed by atoms with Crippen LogP contribution >= 0.6 is 0 Å². The van der Waals surface area contributed by atoms with Crippen molar-refractivity contribution in [1.29, 1.82) is 0 Å². The number of carbonyl (C=O) groups is 1. The topological polar surface area (TPSA) is 35.5 Å². The van der Waals surface area contributed by atoms with Gasteiger partial charge in [-0.2, -0.15) is 39.5 Å². The summed E-state index contributed by atoms with van der Waals surface area (Å²) in [5.74, 6) is -10.3. The first kappa shape index (κ1) is 18.0. The molecule has 0 amide bonds. The van der Waals surface area contributed by atoms with Gasteiger partial charge in [0.15, 0.2) is 0 Å². The van der Waals surface area contributed by atoms with Crippen LogP contribution in [0.15, 0.2) is 0 Å². The van der Waals surface area contributed by atoms with Crippen molar-refractivity contribution in [3.63, 3.8) is 0 Å². The van der Waals surface area contributed by atoms with E-state index in [1.165, 1.54) is 0 Å². The molecule has 1 aliphatic heterocycles. The Bertz CT molecular complexity index is 396. The molecule has 0 spiro atoms. The molecular formula is C9H7F9O3. The molecule has 1 saturated heterocycles. The number of ether oxygens (including phenoxy) is 2. The number of ketones is 1. The molecule has 124 valence electrons. The molecule has 1 fully saturated rings. The summed E-state index contributed by atoms with van der Waals surface area (Å²) < 4.78 is 120. The van der Waals surface area contributed by atoms with Crippen LogP contribution in [-0.2, 0) is 14.3 Å². The molecule has 21 heavy (non-hydrogen) atoms. The maximum absolute atomic E-state index is 13.4. The SMILES string of the molecule is O=C(C(F)(F)F)C(F)(OC(F)(F)C1CCCO1)C(F)(F)F. The third-order valence-electron chi connectivity index (χ3n) is 2.50. The summed E-state index contributed by atoms with van der Waals surface area (Å²) in [4.78, 5) is 10.5. The molecule has 0 aromatic carbocycles. The van der Waals surface area contributed by atoms with Crippen molar-refractivity contribution < 1.29 is 53.8 Å². The van der Waals surface area contributed by atoms with Gasteiger partial charge in [-0.05, 0) is 12.8 Å². The first-order valence-electron chi connectivity index (χ1n) is 5.28. The van der Waals surface area contributed by atoms with E-state index in [0.717, 1.165) is 0 Å². The van der Waals surface area contributed by atoms with Gasteiger partial charge in [-0.3, -0.25) is 9.53 Å². The Balaban J connectivity index is 3.12. The van der Waals surface area contributed by atoms with Crippen molar-refractivity contribution in [2.75, 3.05) is 6.61 Å². The summed E-state index contributed by atoms with van der Waals surface area (Å²) in [5.41, 5.74) is 0. The highest BCUT2D eigenvalue weighted by Crippen LogP contribution is 2.45. The Morgan fingerprint density at radius 2 is 1.52 bits per heavy atom. The molecule has 0 saturated carbocycles. The minimum absolute atomic E-state index is 0.0395. The number of rotatable bonds is 4. The van der Waals surface area contributed by atoms with Crippen LogP contribution in [0, 0.1) is 0 Å². The van der Waals surface area contributed by atoms with E-state index < -0.39 is 42.6 Å². The lowest BCUT2D eigenvalue weighted by molar-refractivity contribution is -0.414. The minimum atomic E-state index is -6.65. The van der Waals surface area contributed by atoms with Crippen LogP contribution < -0.4 is 0 Å². The predicted octanol–water partition coefficient (Wildman–Crippen LogP) is 3.13. The van der Waals surface area contributed by atoms with Gasteiger partial charge < -0.3 is 4.74 Å². The molecule has 1 aliphatic rings. The predicted molar refractivity (Wildman–Crippen MR) is 46.0 cm³/mol. The molecule has 1 heterocycles. The number of Topliss-reactive ketones (excluding diaryl/α,β-unsaturated/α-hetero) is 1. The van der Waals surface area contributed by atoms with E-state index >= 15 is 0 Å². The van der Waals surface area contributed by atoms with E-state index in [1.807, 2.05) is 0 Å². The van der Waals surface area contributed by atoms with Crippen LogP contribution in [-0.4, -0.2) is 42.8 Å². The van der Waals surface area contributed by atoms with E-state index in [4.69, 9.17) is 0 Å². The fourth-order valence-corrected chi connectivity index (χ4v) is 1.51. The molecule has 2 atom stereocenters. The standard InChI is InChI=1S/C9H7F9O3/c10-6(9(16,17)18,5(19)7(11,12)13)21-8(14,15)4-2-1-3-20-4/h4H,1-3H2. The normalized spacial score (nSPS) is 24.0. The van der Waals surface area contributed by atoms with Gasteiger partial charge in [-0.15, -0.1) is 0 Å². The van der Waals surface area contributed by atoms with E-state index in [9.17, 15) is 44.3 Å². The van der Waals surface area contributed by atoms with Crippen LogP contribution in [0.4, 0.5) is 39.5 Å². The first-order valence-corrected chi connectivity index (χ1v) is 5.28. The molecule has 0 aromatic heterocycles. The van der Waals surface area contributed by atoms with Crippen molar-refractivity contribution in [3.05, 3.63) is 0 Å². The minimum Gasteiger partial charge on any atom is -0.369 e. The lowest BCUT2D eigenvalue weighted by atomic mass is 10.1. The molecule has 0 aromatic rings. The number of halogens is 9. The molecule has 0 bridgehead atoms. The van der Waals surface area contributed by atoms with Gasteiger partial charge in [0.1, 0.15) is 6.10 Å². The highest BCUT2D eigenvalue weighted by molar-refractivity contribution is 5.91. The zero-order valence-corrected chi connectivity index (χ0v) is 9.83. The summed E-state index contributed by atoms with van der Waals surface area (Å²) in [6.07, 6.45) is -21.1. The van der Waals surface area contributed by atoms with Crippen molar-refractivity contribution in [1.82, 2.24) is 0 Å². The third kappa shape index (κ3) is 3.59. The van der Waals surface area contributed by atoms with Crippen LogP contribution in [0.2, 0.25) is 0 Å². The molecule has 0 aliphatic carbocycles. The Labute approximate surface area is 111 Å². The summed E-state index contributed by atoms with van der Waals surface area (Å²) >= 11 is 0. The van der Waals surface area contributed by atoms with Gasteiger partial charge in [-0.25, -0.2) is 0 Å². The van der Waals surface area contributed by atoms with Gasteiger partial charge in [0.05, 0.1) is 0 Å². The summed E-state index contributed by atoms with van der Waals surface area (Å²) in [5, 5.41) is 0. The van der Waals surface area contributed by atoms with Crippen LogP contribution in [0.5, 0.6) is 0 Å². The van der Waals surface area contributed by atoms with Crippen LogP contribution in [0.1, 0.15) is 12.8 Å². The molecule has 12 heteroatoms. The Morgan fingerprint density at radius 1 is 1.00 bits per heavy atom. The molecular weight excluding hydrogens is 327 g/mol. The molecule has 0 N–H and O–H groups in total. The maximum atomic E-state index is 13.4. The summed E-state index contributed by atoms with van der Waals surface area (Å²) in [6.45, 7) is -0.317. The van der Waals surface area contributed by atoms with Crippen LogP contribution in [0.25, 0.3) is 0 Å². The van der Waals surface area contributed by atoms with E-state index in [2.05, 4.69) is 9.47 Å². The average molecular weight is 334 g/mol. The second kappa shape index (κ2) is 5.30. The lowest BCUT2D eigenvalue weighted by Gasteiger charge is -2.32. The highest BCUT2D eigenvalue weighted by atomic mass is 19.4. The fourth-order valence-electron chi connectivity index (χ4n) is 1.51. The lowest BCUT2D eigenvalue weighted by Crippen LogP contribution is -2.59. The Hall–Kier alpha value is -1.04. The first-order chi connectivity index (χ1) is 9.22. The summed E-state index contributed by atoms with van der Waals surface area (Å²) in [6, 6.07) is 0. The van der Waals surface area contributed by atoms with Gasteiger partial charge in [0, 0.05) is 6.61 Å². The molecule has 0 radical (unpaired) electrons. The Kier molecular flexibility index (Phi) is 4.55. The fraction of sp³-hybridized carbons (Fsp3) is 0.889. The number of alkyl halides is 9. The van der Waals surface area contributed by atoms with Crippen molar-refractivity contribution in [2.45, 2.75) is 43.3 Å². The average Bonchev–Trinajstić information content (AvgIpc) is 2.78.